The molecule has 0 unspecified atom stereocenters. The Labute approximate surface area is 432 Å². The van der Waals surface area contributed by atoms with Gasteiger partial charge in [-0.2, -0.15) is 0 Å². The van der Waals surface area contributed by atoms with Crippen molar-refractivity contribution in [1.82, 2.24) is 45.1 Å². The van der Waals surface area contributed by atoms with Crippen LogP contribution in [0.4, 0.5) is 0 Å². The van der Waals surface area contributed by atoms with Crippen LogP contribution < -0.4 is 20.7 Å². The maximum atomic E-state index is 15.1. The van der Waals surface area contributed by atoms with E-state index in [0.717, 1.165) is 28.2 Å². The number of hydrogen-bond donors (Lipinski definition) is 3. The molecule has 18 heteroatoms. The molecule has 4 aromatic carbocycles. The summed E-state index contributed by atoms with van der Waals surface area (Å²) < 4.78 is 8.53. The lowest BCUT2D eigenvalue weighted by molar-refractivity contribution is -0.146. The number of halogens is 2. The number of imidazole rings is 1. The summed E-state index contributed by atoms with van der Waals surface area (Å²) in [4.78, 5) is 96.7. The van der Waals surface area contributed by atoms with Gasteiger partial charge in [-0.05, 0) is 100 Å². The van der Waals surface area contributed by atoms with E-state index in [0.29, 0.717) is 33.7 Å². The van der Waals surface area contributed by atoms with Gasteiger partial charge in [0.2, 0.25) is 35.4 Å². The summed E-state index contributed by atoms with van der Waals surface area (Å²) >= 11 is 12.8. The maximum Gasteiger partial charge on any atom is 0.245 e. The third-order valence-corrected chi connectivity index (χ3v) is 13.6. The summed E-state index contributed by atoms with van der Waals surface area (Å²) in [5, 5.41) is 9.14. The molecule has 6 rings (SSSR count). The number of aromatic nitrogens is 2. The molecule has 0 bridgehead atoms. The molecule has 3 N–H and O–H groups in total. The lowest BCUT2D eigenvalue weighted by Gasteiger charge is -2.35. The van der Waals surface area contributed by atoms with Crippen LogP contribution in [0.1, 0.15) is 55.6 Å². The van der Waals surface area contributed by atoms with Gasteiger partial charge in [-0.1, -0.05) is 71.7 Å². The van der Waals surface area contributed by atoms with Gasteiger partial charge in [0.15, 0.2) is 0 Å². The van der Waals surface area contributed by atoms with Gasteiger partial charge in [-0.25, -0.2) is 4.98 Å². The van der Waals surface area contributed by atoms with Gasteiger partial charge in [0, 0.05) is 80.8 Å². The number of benzene rings is 4. The summed E-state index contributed by atoms with van der Waals surface area (Å²) in [5.41, 5.74) is 3.95. The van der Waals surface area contributed by atoms with Crippen LogP contribution in [0, 0.1) is 5.92 Å². The van der Waals surface area contributed by atoms with Crippen LogP contribution in [-0.2, 0) is 61.7 Å². The van der Waals surface area contributed by atoms with Crippen LogP contribution >= 0.6 is 23.2 Å². The highest BCUT2D eigenvalue weighted by atomic mass is 35.5. The Morgan fingerprint density at radius 3 is 2.15 bits per heavy atom. The van der Waals surface area contributed by atoms with E-state index in [1.807, 2.05) is 91.4 Å². The second-order valence-corrected chi connectivity index (χ2v) is 19.6. The van der Waals surface area contributed by atoms with Crippen molar-refractivity contribution >= 4 is 58.6 Å². The zero-order chi connectivity index (χ0) is 52.2. The molecule has 1 saturated heterocycles. The average molecular weight is 1020 g/mol. The molecule has 0 spiro atoms. The molecule has 1 fully saturated rings. The molecule has 0 radical (unpaired) electrons. The van der Waals surface area contributed by atoms with E-state index in [-0.39, 0.29) is 50.6 Å². The van der Waals surface area contributed by atoms with Crippen LogP contribution in [0.2, 0.25) is 10.0 Å². The summed E-state index contributed by atoms with van der Waals surface area (Å²) in [6, 6.07) is 24.9. The Morgan fingerprint density at radius 1 is 0.819 bits per heavy atom. The number of likely N-dealkylation sites (N-methyl/N-ethyl adjacent to an activating group) is 2. The molecule has 6 amide bonds. The first kappa shape index (κ1) is 54.6. The minimum Gasteiger partial charge on any atom is -0.457 e. The second-order valence-electron chi connectivity index (χ2n) is 18.7. The topological polar surface area (TPSA) is 179 Å². The van der Waals surface area contributed by atoms with Gasteiger partial charge in [0.1, 0.15) is 29.4 Å². The number of ether oxygens (including phenoxy) is 1. The minimum absolute atomic E-state index is 0.0834. The van der Waals surface area contributed by atoms with E-state index >= 15 is 4.79 Å². The average Bonchev–Trinajstić information content (AvgIpc) is 3.72. The van der Waals surface area contributed by atoms with E-state index < -0.39 is 60.1 Å². The molecular formula is C54H65Cl2N9O7. The monoisotopic (exact) mass is 1020 g/mol. The summed E-state index contributed by atoms with van der Waals surface area (Å²) in [6.45, 7) is 3.92. The Bertz CT molecular complexity index is 2700. The van der Waals surface area contributed by atoms with Crippen LogP contribution in [0.5, 0.6) is 11.5 Å². The largest absolute Gasteiger partial charge is 0.457 e. The molecule has 1 aliphatic rings. The summed E-state index contributed by atoms with van der Waals surface area (Å²) in [7, 11) is 10.5. The number of hydrogen-bond acceptors (Lipinski definition) is 9. The van der Waals surface area contributed by atoms with Crippen molar-refractivity contribution in [3.63, 3.8) is 0 Å². The number of amides is 6. The van der Waals surface area contributed by atoms with Crippen molar-refractivity contribution in [2.24, 2.45) is 13.0 Å². The van der Waals surface area contributed by atoms with E-state index in [4.69, 9.17) is 27.9 Å². The third kappa shape index (κ3) is 14.4. The smallest absolute Gasteiger partial charge is 0.245 e. The molecule has 16 nitrogen and oxygen atoms in total. The van der Waals surface area contributed by atoms with Crippen molar-refractivity contribution in [3.8, 4) is 22.8 Å². The number of carbonyl (C=O) groups is 6. The van der Waals surface area contributed by atoms with Gasteiger partial charge < -0.3 is 44.9 Å². The first-order valence-electron chi connectivity index (χ1n) is 23.9. The Balaban J connectivity index is 1.38. The molecule has 2 heterocycles. The van der Waals surface area contributed by atoms with Crippen molar-refractivity contribution in [2.45, 2.75) is 83.2 Å². The van der Waals surface area contributed by atoms with Gasteiger partial charge in [-0.15, -0.1) is 0 Å². The lowest BCUT2D eigenvalue weighted by Crippen LogP contribution is -2.57. The maximum absolute atomic E-state index is 15.1. The summed E-state index contributed by atoms with van der Waals surface area (Å²) in [5.74, 6) is -2.31. The molecule has 0 aliphatic carbocycles. The molecule has 382 valence electrons. The molecule has 5 aromatic rings. The van der Waals surface area contributed by atoms with E-state index in [1.54, 1.807) is 56.4 Å². The molecule has 72 heavy (non-hydrogen) atoms. The van der Waals surface area contributed by atoms with Gasteiger partial charge in [0.05, 0.1) is 37.3 Å². The highest BCUT2D eigenvalue weighted by Gasteiger charge is 2.37. The summed E-state index contributed by atoms with van der Waals surface area (Å²) in [6.07, 6.45) is 1.39. The number of nitrogens with zero attached hydrogens (tertiary/aromatic N) is 6. The standard InChI is InChI=1S/C54H65Cl2N9O7/c1-34-30-59-50(67)28-43(25-37-14-19-41(55)20-15-37)63(7)54(71)45(29-49(66)57-3)60-52(69)35(2)65(51(68)26-40(53(70)62(34)6)24-36-12-10-9-11-13-36)32-39-16-21-42(56)27-47(39)72-44-22-17-38(18-23-44)46-31-58-48(64(46)8)33-61(4)5/h9-23,27,31,34-35,40,43,45H,24-26,28-30,32-33H2,1-8H3,(H,57,66)(H,59,67)(H,60,69)/t34-,35-,40+,43-,45-/m0/s1. The van der Waals surface area contributed by atoms with Crippen LogP contribution in [-0.4, -0.2) is 131 Å². The highest BCUT2D eigenvalue weighted by molar-refractivity contribution is 6.31. The Hall–Kier alpha value is -6.75. The van der Waals surface area contributed by atoms with Crippen molar-refractivity contribution < 1.29 is 33.5 Å². The van der Waals surface area contributed by atoms with E-state index in [9.17, 15) is 24.0 Å². The third-order valence-electron chi connectivity index (χ3n) is 13.1. The molecule has 1 aromatic heterocycles. The fourth-order valence-electron chi connectivity index (χ4n) is 8.59. The normalized spacial score (nSPS) is 20.0. The minimum atomic E-state index is -1.40. The fraction of sp³-hybridized carbons (Fsp3) is 0.389. The second kappa shape index (κ2) is 25.1. The van der Waals surface area contributed by atoms with Gasteiger partial charge in [0.25, 0.3) is 0 Å². The lowest BCUT2D eigenvalue weighted by atomic mass is 9.93. The van der Waals surface area contributed by atoms with Crippen molar-refractivity contribution in [1.29, 1.82) is 0 Å². The number of rotatable bonds is 13. The first-order valence-corrected chi connectivity index (χ1v) is 24.7. The van der Waals surface area contributed by atoms with Gasteiger partial charge in [-0.3, -0.25) is 28.8 Å². The predicted molar refractivity (Wildman–Crippen MR) is 278 cm³/mol. The van der Waals surface area contributed by atoms with Gasteiger partial charge >= 0.3 is 0 Å². The van der Waals surface area contributed by atoms with Crippen LogP contribution in [0.15, 0.2) is 103 Å². The Kier molecular flexibility index (Phi) is 19.0. The SMILES string of the molecule is CNC(=O)C[C@@H]1NC(=O)[C@H](C)N(Cc2ccc(Cl)cc2Oc2ccc(-c3cnc(CN(C)C)n3C)cc2)C(=O)C[C@@H](Cc2ccccc2)C(=O)N(C)[C@@H](C)CNC(=O)C[C@H](Cc2ccc(Cl)cc2)N(C)C1=O. The van der Waals surface area contributed by atoms with E-state index in [2.05, 4.69) is 20.9 Å². The van der Waals surface area contributed by atoms with E-state index in [1.165, 1.54) is 35.7 Å². The quantitative estimate of drug-likeness (QED) is 0.123. The molecule has 1 aliphatic heterocycles. The molecule has 0 saturated carbocycles. The van der Waals surface area contributed by atoms with Crippen LogP contribution in [0.25, 0.3) is 11.3 Å². The van der Waals surface area contributed by atoms with Crippen molar-refractivity contribution in [2.75, 3.05) is 41.8 Å². The van der Waals surface area contributed by atoms with Crippen molar-refractivity contribution in [3.05, 3.63) is 136 Å². The number of carbonyl (C=O) groups excluding carboxylic acids is 6. The zero-order valence-electron chi connectivity index (χ0n) is 42.2. The zero-order valence-corrected chi connectivity index (χ0v) is 43.7. The predicted octanol–water partition coefficient (Wildman–Crippen LogP) is 6.27. The highest BCUT2D eigenvalue weighted by Crippen LogP contribution is 2.33. The van der Waals surface area contributed by atoms with Crippen LogP contribution in [0.3, 0.4) is 0 Å². The first-order chi connectivity index (χ1) is 34.3. The number of nitrogens with one attached hydrogen (secondary N) is 3. The Morgan fingerprint density at radius 2 is 1.49 bits per heavy atom. The molecule has 5 atom stereocenters. The molecular weight excluding hydrogens is 958 g/mol. The fourth-order valence-corrected chi connectivity index (χ4v) is 8.88.